The van der Waals surface area contributed by atoms with Gasteiger partial charge >= 0.3 is 5.97 Å². The Kier molecular flexibility index (Phi) is 8.31. The summed E-state index contributed by atoms with van der Waals surface area (Å²) in [5.74, 6) is 0.549. The third kappa shape index (κ3) is 6.50. The Morgan fingerprint density at radius 3 is 2.41 bits per heavy atom. The van der Waals surface area contributed by atoms with Crippen molar-refractivity contribution in [2.75, 3.05) is 33.3 Å². The number of likely N-dealkylation sites (tertiary alicyclic amines) is 1. The quantitative estimate of drug-likeness (QED) is 0.355. The van der Waals surface area contributed by atoms with Gasteiger partial charge in [0.1, 0.15) is 12.4 Å². The molecule has 3 aromatic rings. The molecule has 2 aliphatic rings. The summed E-state index contributed by atoms with van der Waals surface area (Å²) >= 11 is 1.48. The number of carbonyl (C=O) groups excluding carboxylic acids is 2. The molecule has 2 heterocycles. The van der Waals surface area contributed by atoms with Gasteiger partial charge in [0.05, 0.1) is 17.8 Å². The largest absolute Gasteiger partial charge is 0.492 e. The Morgan fingerprint density at radius 1 is 1.05 bits per heavy atom. The molecule has 1 saturated heterocycles. The van der Waals surface area contributed by atoms with Gasteiger partial charge in [-0.3, -0.25) is 9.59 Å². The molecule has 1 saturated carbocycles. The van der Waals surface area contributed by atoms with Crippen molar-refractivity contribution in [3.8, 4) is 5.75 Å². The molecular formula is C31H34N2O5S. The van der Waals surface area contributed by atoms with Crippen molar-refractivity contribution >= 4 is 45.3 Å². The molecule has 5 rings (SSSR count). The third-order valence-electron chi connectivity index (χ3n) is 7.84. The van der Waals surface area contributed by atoms with Crippen LogP contribution in [0.1, 0.15) is 47.3 Å². The number of benzene rings is 2. The van der Waals surface area contributed by atoms with E-state index >= 15 is 0 Å². The molecule has 1 N–H and O–H groups in total. The molecule has 0 spiro atoms. The minimum atomic E-state index is -1.08. The number of thiophene rings is 1. The Labute approximate surface area is 232 Å². The molecule has 1 aliphatic heterocycles. The van der Waals surface area contributed by atoms with Crippen LogP contribution in [0.4, 0.5) is 0 Å². The number of hydrogen-bond donors (Lipinski definition) is 1. The van der Waals surface area contributed by atoms with E-state index in [4.69, 9.17) is 4.74 Å². The summed E-state index contributed by atoms with van der Waals surface area (Å²) in [4.78, 5) is 41.8. The molecule has 39 heavy (non-hydrogen) atoms. The maximum Gasteiger partial charge on any atom is 0.332 e. The second-order valence-corrected chi connectivity index (χ2v) is 11.6. The number of nitrogens with zero attached hydrogens (tertiary/aromatic N) is 2. The average Bonchev–Trinajstić information content (AvgIpc) is 3.57. The molecule has 2 fully saturated rings. The molecule has 0 unspecified atom stereocenters. The second kappa shape index (κ2) is 12.0. The fourth-order valence-electron chi connectivity index (χ4n) is 5.61. The lowest BCUT2D eigenvalue weighted by Gasteiger charge is -2.22. The highest BCUT2D eigenvalue weighted by Gasteiger charge is 2.36. The SMILES string of the molecule is CN(CCOc1ccc(/C=C(\CC(=O)N2C[C@H]3CCCC[C@H]3C2)C(=O)O)cc1)C(=O)c1cc2ccccc2s1. The lowest BCUT2D eigenvalue weighted by molar-refractivity contribution is -0.136. The van der Waals surface area contributed by atoms with Crippen molar-refractivity contribution in [3.63, 3.8) is 0 Å². The van der Waals surface area contributed by atoms with Crippen LogP contribution in [0.2, 0.25) is 0 Å². The van der Waals surface area contributed by atoms with Gasteiger partial charge in [-0.15, -0.1) is 11.3 Å². The Bertz CT molecular complexity index is 1330. The number of rotatable bonds is 9. The van der Waals surface area contributed by atoms with E-state index in [0.717, 1.165) is 23.2 Å². The lowest BCUT2D eigenvalue weighted by Crippen LogP contribution is -2.30. The predicted octanol–water partition coefficient (Wildman–Crippen LogP) is 5.56. The van der Waals surface area contributed by atoms with E-state index in [2.05, 4.69) is 0 Å². The van der Waals surface area contributed by atoms with Crippen molar-refractivity contribution in [1.82, 2.24) is 9.80 Å². The zero-order valence-electron chi connectivity index (χ0n) is 22.2. The van der Waals surface area contributed by atoms with Gasteiger partial charge in [0, 0.05) is 30.4 Å². The van der Waals surface area contributed by atoms with E-state index in [-0.39, 0.29) is 23.8 Å². The molecule has 0 bridgehead atoms. The van der Waals surface area contributed by atoms with E-state index < -0.39 is 5.97 Å². The summed E-state index contributed by atoms with van der Waals surface area (Å²) in [6.07, 6.45) is 6.25. The molecule has 2 atom stereocenters. The molecular weight excluding hydrogens is 512 g/mol. The van der Waals surface area contributed by atoms with Gasteiger partial charge < -0.3 is 19.6 Å². The van der Waals surface area contributed by atoms with Crippen LogP contribution in [0.25, 0.3) is 16.2 Å². The molecule has 2 aromatic carbocycles. The molecule has 2 amide bonds. The number of carboxylic acid groups (broad SMARTS) is 1. The molecule has 7 nitrogen and oxygen atoms in total. The first-order valence-corrected chi connectivity index (χ1v) is 14.4. The van der Waals surface area contributed by atoms with Crippen LogP contribution in [0.5, 0.6) is 5.75 Å². The number of carboxylic acids is 1. The highest BCUT2D eigenvalue weighted by molar-refractivity contribution is 7.20. The number of ether oxygens (including phenoxy) is 1. The monoisotopic (exact) mass is 546 g/mol. The summed E-state index contributed by atoms with van der Waals surface area (Å²) in [6, 6.07) is 16.9. The van der Waals surface area contributed by atoms with E-state index in [0.29, 0.717) is 41.2 Å². The standard InChI is InChI=1S/C31H34N2O5S/c1-32(30(35)28-17-22-6-4-5-9-27(22)39-28)14-15-38-26-12-10-21(11-13-26)16-25(31(36)37)18-29(34)33-19-23-7-2-3-8-24(23)20-33/h4-6,9-13,16-17,23-24H,2-3,7-8,14-15,18-20H2,1H3,(H,36,37)/b25-16+/t23-,24+. The van der Waals surface area contributed by atoms with Crippen LogP contribution in [0.3, 0.4) is 0 Å². The summed E-state index contributed by atoms with van der Waals surface area (Å²) in [6.45, 7) is 2.27. The predicted molar refractivity (Wildman–Crippen MR) is 153 cm³/mol. The second-order valence-electron chi connectivity index (χ2n) is 10.5. The fraction of sp³-hybridized carbons (Fsp3) is 0.387. The highest BCUT2D eigenvalue weighted by Crippen LogP contribution is 2.36. The Morgan fingerprint density at radius 2 is 1.74 bits per heavy atom. The van der Waals surface area contributed by atoms with Crippen LogP contribution in [-0.2, 0) is 9.59 Å². The third-order valence-corrected chi connectivity index (χ3v) is 8.95. The van der Waals surface area contributed by atoms with Gasteiger partial charge in [0.25, 0.3) is 5.91 Å². The number of fused-ring (bicyclic) bond motifs is 2. The van der Waals surface area contributed by atoms with E-state index in [1.165, 1.54) is 37.0 Å². The van der Waals surface area contributed by atoms with Crippen molar-refractivity contribution in [3.05, 3.63) is 70.6 Å². The van der Waals surface area contributed by atoms with E-state index in [9.17, 15) is 19.5 Å². The van der Waals surface area contributed by atoms with Crippen LogP contribution in [-0.4, -0.2) is 66.0 Å². The number of hydrogen-bond acceptors (Lipinski definition) is 5. The highest BCUT2D eigenvalue weighted by atomic mass is 32.1. The summed E-state index contributed by atoms with van der Waals surface area (Å²) < 4.78 is 6.91. The van der Waals surface area contributed by atoms with Crippen LogP contribution in [0, 0.1) is 11.8 Å². The smallest absolute Gasteiger partial charge is 0.332 e. The van der Waals surface area contributed by atoms with Crippen molar-refractivity contribution < 1.29 is 24.2 Å². The Balaban J connectivity index is 1.12. The maximum absolute atomic E-state index is 12.9. The average molecular weight is 547 g/mol. The first-order valence-electron chi connectivity index (χ1n) is 13.6. The summed E-state index contributed by atoms with van der Waals surface area (Å²) in [5, 5.41) is 10.8. The van der Waals surface area contributed by atoms with Crippen molar-refractivity contribution in [2.45, 2.75) is 32.1 Å². The number of amides is 2. The van der Waals surface area contributed by atoms with Gasteiger partial charge in [-0.1, -0.05) is 43.2 Å². The molecule has 204 valence electrons. The minimum Gasteiger partial charge on any atom is -0.492 e. The summed E-state index contributed by atoms with van der Waals surface area (Å²) in [5.41, 5.74) is 0.782. The van der Waals surface area contributed by atoms with Crippen LogP contribution < -0.4 is 4.74 Å². The maximum atomic E-state index is 12.9. The Hall–Kier alpha value is -3.65. The normalized spacial score (nSPS) is 19.1. The van der Waals surface area contributed by atoms with Crippen LogP contribution in [0.15, 0.2) is 60.2 Å². The number of likely N-dealkylation sites (N-methyl/N-ethyl adjacent to an activating group) is 1. The first-order chi connectivity index (χ1) is 18.9. The summed E-state index contributed by atoms with van der Waals surface area (Å²) in [7, 11) is 1.76. The van der Waals surface area contributed by atoms with Gasteiger partial charge in [0.15, 0.2) is 0 Å². The lowest BCUT2D eigenvalue weighted by atomic mass is 9.82. The first kappa shape index (κ1) is 26.9. The van der Waals surface area contributed by atoms with Gasteiger partial charge in [-0.25, -0.2) is 4.79 Å². The van der Waals surface area contributed by atoms with Crippen LogP contribution >= 0.6 is 11.3 Å². The van der Waals surface area contributed by atoms with Gasteiger partial charge in [-0.05, 0) is 66.0 Å². The van der Waals surface area contributed by atoms with E-state index in [1.807, 2.05) is 35.2 Å². The zero-order chi connectivity index (χ0) is 27.4. The molecule has 1 aromatic heterocycles. The van der Waals surface area contributed by atoms with E-state index in [1.54, 1.807) is 42.3 Å². The van der Waals surface area contributed by atoms with Gasteiger partial charge in [0.2, 0.25) is 5.91 Å². The molecule has 8 heteroatoms. The van der Waals surface area contributed by atoms with Crippen molar-refractivity contribution in [2.24, 2.45) is 11.8 Å². The molecule has 1 aliphatic carbocycles. The number of aliphatic carboxylic acids is 1. The zero-order valence-corrected chi connectivity index (χ0v) is 23.0. The topological polar surface area (TPSA) is 87.2 Å². The number of carbonyl (C=O) groups is 3. The van der Waals surface area contributed by atoms with Crippen molar-refractivity contribution in [1.29, 1.82) is 0 Å². The minimum absolute atomic E-state index is 0.0382. The van der Waals surface area contributed by atoms with Gasteiger partial charge in [-0.2, -0.15) is 0 Å². The fourth-order valence-corrected chi connectivity index (χ4v) is 6.67. The molecule has 0 radical (unpaired) electrons.